The summed E-state index contributed by atoms with van der Waals surface area (Å²) in [5.74, 6) is 0.289. The van der Waals surface area contributed by atoms with Crippen molar-refractivity contribution in [1.82, 2.24) is 5.32 Å². The van der Waals surface area contributed by atoms with Crippen LogP contribution in [0.5, 0.6) is 17.2 Å². The highest BCUT2D eigenvalue weighted by Crippen LogP contribution is 2.40. The predicted molar refractivity (Wildman–Crippen MR) is 116 cm³/mol. The van der Waals surface area contributed by atoms with E-state index in [1.54, 1.807) is 37.3 Å². The van der Waals surface area contributed by atoms with Crippen molar-refractivity contribution in [3.05, 3.63) is 52.0 Å². The van der Waals surface area contributed by atoms with Crippen LogP contribution in [-0.2, 0) is 14.3 Å². The minimum atomic E-state index is -1.31. The van der Waals surface area contributed by atoms with E-state index >= 15 is 0 Å². The van der Waals surface area contributed by atoms with Gasteiger partial charge in [0, 0.05) is 0 Å². The summed E-state index contributed by atoms with van der Waals surface area (Å²) in [6.45, 7) is 1.44. The Morgan fingerprint density at radius 2 is 1.91 bits per heavy atom. The van der Waals surface area contributed by atoms with E-state index in [1.165, 1.54) is 20.3 Å². The fraction of sp³-hybridized carbons (Fsp3) is 0.318. The number of nitrogens with one attached hydrogen (secondary N) is 1. The molecule has 0 radical (unpaired) electrons. The first kappa shape index (κ1) is 23.4. The average molecular weight is 508 g/mol. The van der Waals surface area contributed by atoms with Gasteiger partial charge in [-0.25, -0.2) is 4.79 Å². The topological polar surface area (TPSA) is 109 Å². The summed E-state index contributed by atoms with van der Waals surface area (Å²) in [5.41, 5.74) is 0.798. The molecular formula is C22H22BrNO8. The third-order valence-corrected chi connectivity index (χ3v) is 5.28. The SMILES string of the molecule is CCOC(=O)CNC(=O)O[C@@H]1C(=O)c2cc(OC)ccc2O[C@H]1c1ccc(OC)c(Br)c1. The van der Waals surface area contributed by atoms with Crippen LogP contribution in [0.2, 0.25) is 0 Å². The molecule has 0 aliphatic carbocycles. The summed E-state index contributed by atoms with van der Waals surface area (Å²) < 4.78 is 27.3. The zero-order valence-electron chi connectivity index (χ0n) is 17.7. The van der Waals surface area contributed by atoms with Crippen LogP contribution in [0.1, 0.15) is 28.9 Å². The third kappa shape index (κ3) is 5.13. The number of rotatable bonds is 7. The second-order valence-corrected chi connectivity index (χ2v) is 7.50. The lowest BCUT2D eigenvalue weighted by Gasteiger charge is -2.32. The lowest BCUT2D eigenvalue weighted by atomic mass is 9.93. The van der Waals surface area contributed by atoms with Crippen LogP contribution in [0.4, 0.5) is 4.79 Å². The first-order valence-corrected chi connectivity index (χ1v) is 10.5. The molecule has 0 saturated carbocycles. The fourth-order valence-corrected chi connectivity index (χ4v) is 3.71. The molecule has 9 nitrogen and oxygen atoms in total. The molecule has 3 rings (SSSR count). The summed E-state index contributed by atoms with van der Waals surface area (Å²) in [6, 6.07) is 9.94. The first-order valence-electron chi connectivity index (χ1n) is 9.70. The van der Waals surface area contributed by atoms with Gasteiger partial charge in [0.2, 0.25) is 11.9 Å². The van der Waals surface area contributed by atoms with E-state index in [0.717, 1.165) is 0 Å². The van der Waals surface area contributed by atoms with E-state index in [0.29, 0.717) is 27.3 Å². The van der Waals surface area contributed by atoms with Crippen molar-refractivity contribution in [2.75, 3.05) is 27.4 Å². The number of ketones is 1. The van der Waals surface area contributed by atoms with E-state index in [1.807, 2.05) is 0 Å². The Hall–Kier alpha value is -3.27. The second kappa shape index (κ2) is 10.4. The van der Waals surface area contributed by atoms with Gasteiger partial charge in [0.15, 0.2) is 6.10 Å². The van der Waals surface area contributed by atoms with Gasteiger partial charge in [-0.05, 0) is 58.7 Å². The smallest absolute Gasteiger partial charge is 0.408 e. The number of esters is 1. The van der Waals surface area contributed by atoms with Crippen molar-refractivity contribution in [2.45, 2.75) is 19.1 Å². The van der Waals surface area contributed by atoms with E-state index in [-0.39, 0.29) is 12.2 Å². The molecule has 1 heterocycles. The largest absolute Gasteiger partial charge is 0.497 e. The van der Waals surface area contributed by atoms with Crippen molar-refractivity contribution < 1.29 is 38.1 Å². The summed E-state index contributed by atoms with van der Waals surface area (Å²) in [4.78, 5) is 37.1. The van der Waals surface area contributed by atoms with Gasteiger partial charge in [0.1, 0.15) is 23.8 Å². The number of halogens is 1. The van der Waals surface area contributed by atoms with Crippen molar-refractivity contribution in [3.63, 3.8) is 0 Å². The van der Waals surface area contributed by atoms with Crippen molar-refractivity contribution in [3.8, 4) is 17.2 Å². The molecule has 10 heteroatoms. The van der Waals surface area contributed by atoms with E-state index < -0.39 is 36.6 Å². The number of carbonyl (C=O) groups excluding carboxylic acids is 3. The van der Waals surface area contributed by atoms with Gasteiger partial charge in [-0.3, -0.25) is 9.59 Å². The van der Waals surface area contributed by atoms with Gasteiger partial charge in [-0.2, -0.15) is 0 Å². The highest BCUT2D eigenvalue weighted by molar-refractivity contribution is 9.10. The van der Waals surface area contributed by atoms with Crippen LogP contribution in [0, 0.1) is 0 Å². The Morgan fingerprint density at radius 1 is 1.12 bits per heavy atom. The van der Waals surface area contributed by atoms with Gasteiger partial charge < -0.3 is 29.0 Å². The summed E-state index contributed by atoms with van der Waals surface area (Å²) in [6.07, 6.45) is -3.19. The number of alkyl carbamates (subject to hydrolysis) is 1. The molecule has 2 aromatic rings. The normalized spacial score (nSPS) is 16.9. The van der Waals surface area contributed by atoms with Crippen molar-refractivity contribution >= 4 is 33.8 Å². The van der Waals surface area contributed by atoms with E-state index in [4.69, 9.17) is 23.7 Å². The van der Waals surface area contributed by atoms with Gasteiger partial charge in [-0.1, -0.05) is 6.07 Å². The number of methoxy groups -OCH3 is 2. The van der Waals surface area contributed by atoms with Crippen molar-refractivity contribution in [2.24, 2.45) is 0 Å². The number of fused-ring (bicyclic) bond motifs is 1. The predicted octanol–water partition coefficient (Wildman–Crippen LogP) is 3.44. The molecular weight excluding hydrogens is 486 g/mol. The van der Waals surface area contributed by atoms with Crippen LogP contribution >= 0.6 is 15.9 Å². The quantitative estimate of drug-likeness (QED) is 0.567. The zero-order chi connectivity index (χ0) is 23.3. The van der Waals surface area contributed by atoms with Crippen LogP contribution in [-0.4, -0.2) is 51.3 Å². The highest BCUT2D eigenvalue weighted by Gasteiger charge is 2.41. The van der Waals surface area contributed by atoms with Crippen molar-refractivity contribution in [1.29, 1.82) is 0 Å². The summed E-state index contributed by atoms with van der Waals surface area (Å²) in [7, 11) is 3.01. The second-order valence-electron chi connectivity index (χ2n) is 6.64. The third-order valence-electron chi connectivity index (χ3n) is 4.66. The number of ether oxygens (including phenoxy) is 5. The number of hydrogen-bond acceptors (Lipinski definition) is 8. The van der Waals surface area contributed by atoms with E-state index in [9.17, 15) is 14.4 Å². The Morgan fingerprint density at radius 3 is 2.56 bits per heavy atom. The van der Waals surface area contributed by atoms with Gasteiger partial charge in [0.05, 0.1) is 30.9 Å². The monoisotopic (exact) mass is 507 g/mol. The fourth-order valence-electron chi connectivity index (χ4n) is 3.15. The molecule has 1 amide bonds. The van der Waals surface area contributed by atoms with Crippen LogP contribution in [0.15, 0.2) is 40.9 Å². The maximum Gasteiger partial charge on any atom is 0.408 e. The Bertz CT molecular complexity index is 1020. The minimum absolute atomic E-state index is 0.178. The number of Topliss-reactive ketones (excluding diaryl/α,β-unsaturated/α-hetero) is 1. The van der Waals surface area contributed by atoms with Gasteiger partial charge >= 0.3 is 12.1 Å². The number of hydrogen-bond donors (Lipinski definition) is 1. The average Bonchev–Trinajstić information content (AvgIpc) is 2.79. The zero-order valence-corrected chi connectivity index (χ0v) is 19.3. The molecule has 170 valence electrons. The van der Waals surface area contributed by atoms with Gasteiger partial charge in [-0.15, -0.1) is 0 Å². The summed E-state index contributed by atoms with van der Waals surface area (Å²) >= 11 is 3.41. The molecule has 1 aliphatic heterocycles. The molecule has 0 fully saturated rings. The highest BCUT2D eigenvalue weighted by atomic mass is 79.9. The van der Waals surface area contributed by atoms with Crippen LogP contribution in [0.25, 0.3) is 0 Å². The van der Waals surface area contributed by atoms with Crippen LogP contribution in [0.3, 0.4) is 0 Å². The van der Waals surface area contributed by atoms with Crippen LogP contribution < -0.4 is 19.5 Å². The first-order chi connectivity index (χ1) is 15.4. The van der Waals surface area contributed by atoms with Gasteiger partial charge in [0.25, 0.3) is 0 Å². The Kier molecular flexibility index (Phi) is 7.57. The molecule has 1 aliphatic rings. The molecule has 1 N–H and O–H groups in total. The number of carbonyl (C=O) groups is 3. The lowest BCUT2D eigenvalue weighted by Crippen LogP contribution is -2.43. The number of benzene rings is 2. The Labute approximate surface area is 193 Å². The van der Waals surface area contributed by atoms with E-state index in [2.05, 4.69) is 21.2 Å². The Balaban J connectivity index is 1.91. The standard InChI is InChI=1S/C22H22BrNO8/c1-4-30-18(25)11-24-22(27)32-21-19(26)14-10-13(28-2)6-8-16(14)31-20(21)12-5-7-17(29-3)15(23)9-12/h5-10,20-21H,4,11H2,1-3H3,(H,24,27)/t20-,21+/m0/s1. The number of amides is 1. The molecule has 0 saturated heterocycles. The molecule has 0 aromatic heterocycles. The molecule has 2 atom stereocenters. The maximum atomic E-state index is 13.3. The lowest BCUT2D eigenvalue weighted by molar-refractivity contribution is -0.141. The minimum Gasteiger partial charge on any atom is -0.497 e. The summed E-state index contributed by atoms with van der Waals surface area (Å²) in [5, 5.41) is 2.29. The molecule has 0 spiro atoms. The molecule has 0 bridgehead atoms. The maximum absolute atomic E-state index is 13.3. The molecule has 32 heavy (non-hydrogen) atoms. The molecule has 2 aromatic carbocycles. The molecule has 0 unspecified atom stereocenters.